The highest BCUT2D eigenvalue weighted by molar-refractivity contribution is 7.99. The summed E-state index contributed by atoms with van der Waals surface area (Å²) in [5.74, 6) is 0.716. The first-order valence-corrected chi connectivity index (χ1v) is 9.61. The van der Waals surface area contributed by atoms with Gasteiger partial charge in [0.2, 0.25) is 0 Å². The predicted octanol–water partition coefficient (Wildman–Crippen LogP) is 3.97. The second kappa shape index (κ2) is 8.71. The van der Waals surface area contributed by atoms with Crippen molar-refractivity contribution in [3.63, 3.8) is 0 Å². The number of thioether (sulfide) groups is 1. The molecule has 7 nitrogen and oxygen atoms in total. The van der Waals surface area contributed by atoms with Gasteiger partial charge in [0.05, 0.1) is 22.4 Å². The fourth-order valence-electron chi connectivity index (χ4n) is 2.72. The van der Waals surface area contributed by atoms with Gasteiger partial charge in [-0.15, -0.1) is 6.58 Å². The van der Waals surface area contributed by atoms with Crippen molar-refractivity contribution >= 4 is 28.4 Å². The summed E-state index contributed by atoms with van der Waals surface area (Å²) in [5, 5.41) is 12.2. The van der Waals surface area contributed by atoms with Crippen molar-refractivity contribution in [1.82, 2.24) is 9.55 Å². The van der Waals surface area contributed by atoms with Crippen molar-refractivity contribution in [2.24, 2.45) is 0 Å². The van der Waals surface area contributed by atoms with E-state index in [4.69, 9.17) is 4.74 Å². The summed E-state index contributed by atoms with van der Waals surface area (Å²) in [6.45, 7) is 6.14. The number of rotatable bonds is 8. The maximum absolute atomic E-state index is 12.7. The number of nitro benzene ring substituents is 1. The third-order valence-corrected chi connectivity index (χ3v) is 4.96. The summed E-state index contributed by atoms with van der Waals surface area (Å²) in [6, 6.07) is 11.9. The van der Waals surface area contributed by atoms with E-state index >= 15 is 0 Å². The average Bonchev–Trinajstić information content (AvgIpc) is 2.68. The molecule has 28 heavy (non-hydrogen) atoms. The first-order chi connectivity index (χ1) is 13.5. The molecule has 0 atom stereocenters. The van der Waals surface area contributed by atoms with Crippen molar-refractivity contribution in [3.05, 3.63) is 81.2 Å². The Morgan fingerprint density at radius 2 is 2.11 bits per heavy atom. The van der Waals surface area contributed by atoms with Crippen LogP contribution in [0.1, 0.15) is 5.56 Å². The number of allylic oxidation sites excluding steroid dienone is 1. The van der Waals surface area contributed by atoms with E-state index in [1.807, 2.05) is 13.0 Å². The highest BCUT2D eigenvalue weighted by Crippen LogP contribution is 2.28. The molecule has 0 saturated carbocycles. The molecule has 1 aromatic heterocycles. The van der Waals surface area contributed by atoms with E-state index in [-0.39, 0.29) is 23.6 Å². The fourth-order valence-corrected chi connectivity index (χ4v) is 3.55. The Morgan fingerprint density at radius 3 is 2.86 bits per heavy atom. The molecule has 0 unspecified atom stereocenters. The Kier molecular flexibility index (Phi) is 6.10. The van der Waals surface area contributed by atoms with E-state index in [1.165, 1.54) is 17.8 Å². The van der Waals surface area contributed by atoms with Crippen LogP contribution in [-0.4, -0.2) is 26.8 Å². The monoisotopic (exact) mass is 397 g/mol. The van der Waals surface area contributed by atoms with Gasteiger partial charge in [-0.05, 0) is 30.7 Å². The summed E-state index contributed by atoms with van der Waals surface area (Å²) >= 11 is 1.36. The van der Waals surface area contributed by atoms with E-state index < -0.39 is 4.92 Å². The van der Waals surface area contributed by atoms with Gasteiger partial charge in [0.25, 0.3) is 5.56 Å². The van der Waals surface area contributed by atoms with Crippen LogP contribution in [0.25, 0.3) is 10.9 Å². The lowest BCUT2D eigenvalue weighted by molar-refractivity contribution is -0.385. The minimum Gasteiger partial charge on any atom is -0.486 e. The number of benzene rings is 2. The second-order valence-corrected chi connectivity index (χ2v) is 7.10. The Morgan fingerprint density at radius 1 is 1.32 bits per heavy atom. The molecular formula is C20H19N3O4S. The molecule has 144 valence electrons. The second-order valence-electron chi connectivity index (χ2n) is 6.04. The molecule has 0 bridgehead atoms. The Balaban J connectivity index is 1.77. The normalized spacial score (nSPS) is 10.8. The van der Waals surface area contributed by atoms with Gasteiger partial charge in [-0.1, -0.05) is 36.0 Å². The number of ether oxygens (including phenoxy) is 1. The Hall–Kier alpha value is -3.13. The van der Waals surface area contributed by atoms with Crippen LogP contribution in [0.15, 0.2) is 65.1 Å². The molecule has 3 rings (SSSR count). The molecule has 0 spiro atoms. The Labute approximate surface area is 165 Å². The lowest BCUT2D eigenvalue weighted by atomic mass is 10.2. The zero-order valence-corrected chi connectivity index (χ0v) is 16.1. The van der Waals surface area contributed by atoms with Gasteiger partial charge in [0, 0.05) is 18.4 Å². The molecule has 0 aliphatic carbocycles. The highest BCUT2D eigenvalue weighted by atomic mass is 32.2. The number of para-hydroxylation sites is 1. The van der Waals surface area contributed by atoms with Gasteiger partial charge >= 0.3 is 5.69 Å². The number of nitro groups is 1. The number of aryl methyl sites for hydroxylation is 1. The van der Waals surface area contributed by atoms with Gasteiger partial charge in [-0.2, -0.15) is 0 Å². The molecule has 0 radical (unpaired) electrons. The van der Waals surface area contributed by atoms with Crippen LogP contribution in [0.5, 0.6) is 5.75 Å². The quantitative estimate of drug-likeness (QED) is 0.143. The van der Waals surface area contributed by atoms with Crippen molar-refractivity contribution < 1.29 is 9.66 Å². The first-order valence-electron chi connectivity index (χ1n) is 8.62. The van der Waals surface area contributed by atoms with Crippen molar-refractivity contribution in [3.8, 4) is 5.75 Å². The molecule has 0 aliphatic heterocycles. The van der Waals surface area contributed by atoms with E-state index in [1.54, 1.807) is 41.0 Å². The molecular weight excluding hydrogens is 378 g/mol. The van der Waals surface area contributed by atoms with Crippen molar-refractivity contribution in [1.29, 1.82) is 0 Å². The largest absolute Gasteiger partial charge is 0.486 e. The molecule has 8 heteroatoms. The molecule has 0 aliphatic rings. The third-order valence-electron chi connectivity index (χ3n) is 4.02. The van der Waals surface area contributed by atoms with Crippen LogP contribution in [0.3, 0.4) is 0 Å². The molecule has 1 heterocycles. The topological polar surface area (TPSA) is 87.3 Å². The zero-order chi connectivity index (χ0) is 20.1. The van der Waals surface area contributed by atoms with Crippen molar-refractivity contribution in [2.75, 3.05) is 12.4 Å². The lowest BCUT2D eigenvalue weighted by Crippen LogP contribution is -2.23. The number of aromatic nitrogens is 2. The SMILES string of the molecule is C=CCn1c(SCCOc2cc(C)ccc2[N+](=O)[O-])nc2ccccc2c1=O. The first kappa shape index (κ1) is 19.6. The third kappa shape index (κ3) is 4.23. The fraction of sp³-hybridized carbons (Fsp3) is 0.200. The van der Waals surface area contributed by atoms with Gasteiger partial charge in [0.15, 0.2) is 10.9 Å². The molecule has 0 saturated heterocycles. The number of nitrogens with zero attached hydrogens (tertiary/aromatic N) is 3. The smallest absolute Gasteiger partial charge is 0.310 e. The molecule has 3 aromatic rings. The summed E-state index contributed by atoms with van der Waals surface area (Å²) in [4.78, 5) is 27.9. The number of fused-ring (bicyclic) bond motifs is 1. The van der Waals surface area contributed by atoms with E-state index in [9.17, 15) is 14.9 Å². The predicted molar refractivity (Wildman–Crippen MR) is 110 cm³/mol. The summed E-state index contributed by atoms with van der Waals surface area (Å²) in [5.41, 5.74) is 1.32. The van der Waals surface area contributed by atoms with Crippen molar-refractivity contribution in [2.45, 2.75) is 18.6 Å². The maximum atomic E-state index is 12.7. The highest BCUT2D eigenvalue weighted by Gasteiger charge is 2.15. The molecule has 0 fully saturated rings. The maximum Gasteiger partial charge on any atom is 0.310 e. The summed E-state index contributed by atoms with van der Waals surface area (Å²) in [6.07, 6.45) is 1.65. The van der Waals surface area contributed by atoms with Gasteiger partial charge in [-0.3, -0.25) is 19.5 Å². The standard InChI is InChI=1S/C20H19N3O4S/c1-3-10-22-19(24)15-6-4-5-7-16(15)21-20(22)28-12-11-27-18-13-14(2)8-9-17(18)23(25)26/h3-9,13H,1,10-12H2,2H3. The van der Waals surface area contributed by atoms with E-state index in [0.29, 0.717) is 28.4 Å². The lowest BCUT2D eigenvalue weighted by Gasteiger charge is -2.12. The van der Waals surface area contributed by atoms with Gasteiger partial charge < -0.3 is 4.74 Å². The summed E-state index contributed by atoms with van der Waals surface area (Å²) in [7, 11) is 0. The van der Waals surface area contributed by atoms with E-state index in [0.717, 1.165) is 5.56 Å². The van der Waals surface area contributed by atoms with Crippen LogP contribution in [-0.2, 0) is 6.54 Å². The van der Waals surface area contributed by atoms with Gasteiger partial charge in [0.1, 0.15) is 0 Å². The number of hydrogen-bond donors (Lipinski definition) is 0. The van der Waals surface area contributed by atoms with Gasteiger partial charge in [-0.25, -0.2) is 4.98 Å². The van der Waals surface area contributed by atoms with Crippen LogP contribution in [0.4, 0.5) is 5.69 Å². The molecule has 0 N–H and O–H groups in total. The molecule has 0 amide bonds. The Bertz CT molecular complexity index is 1090. The van der Waals surface area contributed by atoms with Crippen LogP contribution in [0, 0.1) is 17.0 Å². The zero-order valence-electron chi connectivity index (χ0n) is 15.3. The van der Waals surface area contributed by atoms with E-state index in [2.05, 4.69) is 11.6 Å². The van der Waals surface area contributed by atoms with Crippen LogP contribution < -0.4 is 10.3 Å². The van der Waals surface area contributed by atoms with Crippen LogP contribution in [0.2, 0.25) is 0 Å². The van der Waals surface area contributed by atoms with Crippen LogP contribution >= 0.6 is 11.8 Å². The number of hydrogen-bond acceptors (Lipinski definition) is 6. The minimum atomic E-state index is -0.464. The minimum absolute atomic E-state index is 0.0667. The average molecular weight is 397 g/mol. The molecule has 2 aromatic carbocycles. The summed E-state index contributed by atoms with van der Waals surface area (Å²) < 4.78 is 7.19.